The molecule has 0 bridgehead atoms. The van der Waals surface area contributed by atoms with Gasteiger partial charge < -0.3 is 0 Å². The maximum absolute atomic E-state index is 4.23. The average molecular weight is 156 g/mol. The Kier molecular flexibility index (Phi) is 1.78. The van der Waals surface area contributed by atoms with E-state index in [1.807, 2.05) is 12.1 Å². The van der Waals surface area contributed by atoms with Crippen LogP contribution in [-0.2, 0) is 6.42 Å². The maximum atomic E-state index is 4.23. The number of para-hydroxylation sites is 1. The van der Waals surface area contributed by atoms with Crippen molar-refractivity contribution < 1.29 is 0 Å². The van der Waals surface area contributed by atoms with Gasteiger partial charge in [0.15, 0.2) is 0 Å². The molecule has 0 fully saturated rings. The number of hydrogen-bond donors (Lipinski definition) is 0. The second kappa shape index (κ2) is 2.94. The monoisotopic (exact) mass is 156 g/mol. The van der Waals surface area contributed by atoms with Crippen LogP contribution in [0, 0.1) is 6.20 Å². The van der Waals surface area contributed by atoms with Crippen molar-refractivity contribution >= 4 is 10.9 Å². The molecular formula is C11H10N. The molecule has 1 nitrogen and oxygen atoms in total. The van der Waals surface area contributed by atoms with E-state index in [2.05, 4.69) is 36.3 Å². The summed E-state index contributed by atoms with van der Waals surface area (Å²) in [7, 11) is 0. The zero-order valence-electron chi connectivity index (χ0n) is 7.04. The lowest BCUT2D eigenvalue weighted by atomic mass is 10.1. The predicted octanol–water partition coefficient (Wildman–Crippen LogP) is 2.60. The van der Waals surface area contributed by atoms with Gasteiger partial charge in [0, 0.05) is 5.39 Å². The molecule has 0 saturated carbocycles. The van der Waals surface area contributed by atoms with Gasteiger partial charge in [-0.25, -0.2) is 4.98 Å². The molecular weight excluding hydrogens is 146 g/mol. The van der Waals surface area contributed by atoms with Crippen molar-refractivity contribution in [3.8, 4) is 0 Å². The van der Waals surface area contributed by atoms with E-state index in [9.17, 15) is 0 Å². The fourth-order valence-corrected chi connectivity index (χ4v) is 1.40. The van der Waals surface area contributed by atoms with Crippen LogP contribution >= 0.6 is 0 Å². The molecule has 0 amide bonds. The summed E-state index contributed by atoms with van der Waals surface area (Å²) in [6.45, 7) is 2.14. The van der Waals surface area contributed by atoms with Gasteiger partial charge in [0.1, 0.15) is 0 Å². The smallest absolute Gasteiger partial charge is 0.0894 e. The number of aryl methyl sites for hydroxylation is 1. The number of pyridine rings is 1. The summed E-state index contributed by atoms with van der Waals surface area (Å²) in [6, 6.07) is 10.2. The molecule has 2 aromatic rings. The highest BCUT2D eigenvalue weighted by Crippen LogP contribution is 2.15. The number of rotatable bonds is 1. The summed E-state index contributed by atoms with van der Waals surface area (Å²) in [5.41, 5.74) is 2.38. The highest BCUT2D eigenvalue weighted by Gasteiger charge is 1.97. The third-order valence-electron chi connectivity index (χ3n) is 2.05. The highest BCUT2D eigenvalue weighted by atomic mass is 14.6. The van der Waals surface area contributed by atoms with Gasteiger partial charge in [-0.1, -0.05) is 31.2 Å². The number of aromatic nitrogens is 1. The van der Waals surface area contributed by atoms with E-state index in [0.717, 1.165) is 11.9 Å². The molecule has 0 aliphatic heterocycles. The summed E-state index contributed by atoms with van der Waals surface area (Å²) < 4.78 is 0. The van der Waals surface area contributed by atoms with E-state index in [4.69, 9.17) is 0 Å². The molecule has 1 aromatic heterocycles. The van der Waals surface area contributed by atoms with Crippen molar-refractivity contribution in [1.29, 1.82) is 0 Å². The van der Waals surface area contributed by atoms with Crippen molar-refractivity contribution in [1.82, 2.24) is 4.98 Å². The molecule has 0 spiro atoms. The Balaban J connectivity index is 2.79. The SMILES string of the molecule is CCc1cccc2cc[c]nc12. The van der Waals surface area contributed by atoms with Gasteiger partial charge >= 0.3 is 0 Å². The zero-order chi connectivity index (χ0) is 8.39. The second-order valence-electron chi connectivity index (χ2n) is 2.78. The molecule has 0 unspecified atom stereocenters. The lowest BCUT2D eigenvalue weighted by Crippen LogP contribution is -1.85. The Morgan fingerprint density at radius 3 is 3.08 bits per heavy atom. The van der Waals surface area contributed by atoms with Gasteiger partial charge in [-0.05, 0) is 18.1 Å². The topological polar surface area (TPSA) is 12.9 Å². The Morgan fingerprint density at radius 2 is 2.25 bits per heavy atom. The Hall–Kier alpha value is -1.37. The van der Waals surface area contributed by atoms with Gasteiger partial charge in [0.25, 0.3) is 0 Å². The number of hydrogen-bond acceptors (Lipinski definition) is 1. The maximum Gasteiger partial charge on any atom is 0.0894 e. The second-order valence-corrected chi connectivity index (χ2v) is 2.78. The first-order chi connectivity index (χ1) is 5.92. The van der Waals surface area contributed by atoms with E-state index in [0.29, 0.717) is 0 Å². The van der Waals surface area contributed by atoms with Crippen molar-refractivity contribution in [3.05, 3.63) is 42.1 Å². The Labute approximate surface area is 72.1 Å². The van der Waals surface area contributed by atoms with Crippen LogP contribution in [-0.4, -0.2) is 4.98 Å². The molecule has 0 atom stereocenters. The normalized spacial score (nSPS) is 10.4. The largest absolute Gasteiger partial charge is 0.246 e. The first-order valence-corrected chi connectivity index (χ1v) is 4.16. The molecule has 59 valence electrons. The lowest BCUT2D eigenvalue weighted by molar-refractivity contribution is 1.14. The lowest BCUT2D eigenvalue weighted by Gasteiger charge is -2.00. The summed E-state index contributed by atoms with van der Waals surface area (Å²) in [4.78, 5) is 4.23. The summed E-state index contributed by atoms with van der Waals surface area (Å²) in [5, 5.41) is 1.20. The molecule has 2 rings (SSSR count). The van der Waals surface area contributed by atoms with Crippen LogP contribution in [0.3, 0.4) is 0 Å². The van der Waals surface area contributed by atoms with Crippen LogP contribution in [0.25, 0.3) is 10.9 Å². The molecule has 1 radical (unpaired) electrons. The third kappa shape index (κ3) is 1.07. The van der Waals surface area contributed by atoms with Gasteiger partial charge in [0.05, 0.1) is 11.7 Å². The summed E-state index contributed by atoms with van der Waals surface area (Å²) in [5.74, 6) is 0. The quantitative estimate of drug-likeness (QED) is 0.618. The molecule has 1 heterocycles. The van der Waals surface area contributed by atoms with Gasteiger partial charge in [-0.2, -0.15) is 0 Å². The minimum atomic E-state index is 1.03. The Bertz CT molecular complexity index is 388. The van der Waals surface area contributed by atoms with Crippen LogP contribution in [0.5, 0.6) is 0 Å². The number of nitrogens with zero attached hydrogens (tertiary/aromatic N) is 1. The minimum Gasteiger partial charge on any atom is -0.246 e. The minimum absolute atomic E-state index is 1.03. The third-order valence-corrected chi connectivity index (χ3v) is 2.05. The fraction of sp³-hybridized carbons (Fsp3) is 0.182. The average Bonchev–Trinajstić information content (AvgIpc) is 2.17. The summed E-state index contributed by atoms with van der Waals surface area (Å²) >= 11 is 0. The van der Waals surface area contributed by atoms with Crippen LogP contribution < -0.4 is 0 Å². The first-order valence-electron chi connectivity index (χ1n) is 4.16. The molecule has 1 heteroatoms. The van der Waals surface area contributed by atoms with Gasteiger partial charge in [-0.15, -0.1) is 0 Å². The van der Waals surface area contributed by atoms with E-state index in [1.165, 1.54) is 10.9 Å². The van der Waals surface area contributed by atoms with E-state index >= 15 is 0 Å². The zero-order valence-corrected chi connectivity index (χ0v) is 7.04. The van der Waals surface area contributed by atoms with E-state index < -0.39 is 0 Å². The highest BCUT2D eigenvalue weighted by molar-refractivity contribution is 5.81. The van der Waals surface area contributed by atoms with Gasteiger partial charge in [0.2, 0.25) is 0 Å². The van der Waals surface area contributed by atoms with Crippen molar-refractivity contribution in [2.24, 2.45) is 0 Å². The van der Waals surface area contributed by atoms with Crippen molar-refractivity contribution in [3.63, 3.8) is 0 Å². The van der Waals surface area contributed by atoms with Crippen molar-refractivity contribution in [2.45, 2.75) is 13.3 Å². The number of fused-ring (bicyclic) bond motifs is 1. The van der Waals surface area contributed by atoms with Gasteiger partial charge in [-0.3, -0.25) is 0 Å². The molecule has 12 heavy (non-hydrogen) atoms. The van der Waals surface area contributed by atoms with Crippen LogP contribution in [0.15, 0.2) is 30.3 Å². The molecule has 0 saturated heterocycles. The molecule has 0 N–H and O–H groups in total. The fourth-order valence-electron chi connectivity index (χ4n) is 1.40. The predicted molar refractivity (Wildman–Crippen MR) is 50.0 cm³/mol. The molecule has 1 aromatic carbocycles. The molecule has 0 aliphatic carbocycles. The number of benzene rings is 1. The van der Waals surface area contributed by atoms with Crippen LogP contribution in [0.4, 0.5) is 0 Å². The van der Waals surface area contributed by atoms with Crippen molar-refractivity contribution in [2.75, 3.05) is 0 Å². The summed E-state index contributed by atoms with van der Waals surface area (Å²) in [6.07, 6.45) is 3.89. The standard InChI is InChI=1S/C11H10N/c1-2-9-5-3-6-10-7-4-8-12-11(9)10/h3-7H,2H2,1H3. The Morgan fingerprint density at radius 1 is 1.33 bits per heavy atom. The van der Waals surface area contributed by atoms with E-state index in [1.54, 1.807) is 0 Å². The van der Waals surface area contributed by atoms with Crippen LogP contribution in [0.2, 0.25) is 0 Å². The van der Waals surface area contributed by atoms with E-state index in [-0.39, 0.29) is 0 Å². The van der Waals surface area contributed by atoms with Crippen LogP contribution in [0.1, 0.15) is 12.5 Å². The first kappa shape index (κ1) is 7.29. The molecule has 0 aliphatic rings.